The lowest BCUT2D eigenvalue weighted by Crippen LogP contribution is -2.29. The molecule has 0 atom stereocenters. The minimum absolute atomic E-state index is 0.0678. The second kappa shape index (κ2) is 6.12. The summed E-state index contributed by atoms with van der Waals surface area (Å²) in [6.45, 7) is 1.07. The summed E-state index contributed by atoms with van der Waals surface area (Å²) in [4.78, 5) is 13.4. The lowest BCUT2D eigenvalue weighted by molar-refractivity contribution is 0.0600. The average molecular weight is 267 g/mol. The highest BCUT2D eigenvalue weighted by molar-refractivity contribution is 5.89. The molecule has 1 aromatic carbocycles. The van der Waals surface area contributed by atoms with E-state index in [1.54, 1.807) is 12.1 Å². The number of ether oxygens (including phenoxy) is 1. The highest BCUT2D eigenvalue weighted by Gasteiger charge is 2.29. The van der Waals surface area contributed by atoms with Crippen molar-refractivity contribution in [2.24, 2.45) is 0 Å². The predicted molar refractivity (Wildman–Crippen MR) is 68.3 cm³/mol. The van der Waals surface area contributed by atoms with Crippen molar-refractivity contribution in [3.05, 3.63) is 35.1 Å². The molecule has 1 fully saturated rings. The number of rotatable bonds is 6. The Morgan fingerprint density at radius 2 is 2.26 bits per heavy atom. The summed E-state index contributed by atoms with van der Waals surface area (Å²) in [6, 6.07) is 4.82. The van der Waals surface area contributed by atoms with Crippen LogP contribution in [0.25, 0.3) is 0 Å². The molecule has 19 heavy (non-hydrogen) atoms. The Labute approximate surface area is 111 Å². The third-order valence-corrected chi connectivity index (χ3v) is 3.30. The molecule has 1 aliphatic rings. The molecule has 1 aromatic rings. The van der Waals surface area contributed by atoms with Gasteiger partial charge in [-0.3, -0.25) is 4.90 Å². The summed E-state index contributed by atoms with van der Waals surface area (Å²) in [7, 11) is 1.27. The number of carbonyl (C=O) groups is 1. The number of nitrogens with zero attached hydrogens (tertiary/aromatic N) is 1. The summed E-state index contributed by atoms with van der Waals surface area (Å²) in [6.07, 6.45) is 2.20. The fourth-order valence-corrected chi connectivity index (χ4v) is 2.10. The summed E-state index contributed by atoms with van der Waals surface area (Å²) < 4.78 is 18.5. The van der Waals surface area contributed by atoms with Gasteiger partial charge in [-0.05, 0) is 25.0 Å². The van der Waals surface area contributed by atoms with Gasteiger partial charge in [-0.15, -0.1) is 0 Å². The van der Waals surface area contributed by atoms with Gasteiger partial charge in [0, 0.05) is 24.7 Å². The molecule has 0 unspecified atom stereocenters. The molecule has 0 aromatic heterocycles. The van der Waals surface area contributed by atoms with Crippen LogP contribution in [0.3, 0.4) is 0 Å². The number of esters is 1. The normalized spacial score (nSPS) is 14.7. The Morgan fingerprint density at radius 3 is 2.79 bits per heavy atom. The van der Waals surface area contributed by atoms with Gasteiger partial charge < -0.3 is 9.84 Å². The van der Waals surface area contributed by atoms with Gasteiger partial charge in [-0.1, -0.05) is 6.07 Å². The van der Waals surface area contributed by atoms with Crippen LogP contribution in [0.15, 0.2) is 18.2 Å². The number of halogens is 1. The van der Waals surface area contributed by atoms with Crippen LogP contribution in [0, 0.1) is 5.82 Å². The van der Waals surface area contributed by atoms with Gasteiger partial charge in [0.15, 0.2) is 0 Å². The fourth-order valence-electron chi connectivity index (χ4n) is 2.10. The molecule has 1 N–H and O–H groups in total. The van der Waals surface area contributed by atoms with Crippen molar-refractivity contribution in [2.75, 3.05) is 20.3 Å². The van der Waals surface area contributed by atoms with E-state index in [0.29, 0.717) is 24.7 Å². The number of aliphatic hydroxyl groups excluding tert-OH is 1. The fraction of sp³-hybridized carbons (Fsp3) is 0.500. The molecule has 0 bridgehead atoms. The molecule has 0 heterocycles. The van der Waals surface area contributed by atoms with E-state index in [9.17, 15) is 9.18 Å². The van der Waals surface area contributed by atoms with E-state index in [1.165, 1.54) is 13.2 Å². The Balaban J connectivity index is 2.09. The van der Waals surface area contributed by atoms with Crippen LogP contribution in [0.1, 0.15) is 28.8 Å². The van der Waals surface area contributed by atoms with E-state index in [4.69, 9.17) is 5.11 Å². The summed E-state index contributed by atoms with van der Waals surface area (Å²) in [5.41, 5.74) is 0.747. The van der Waals surface area contributed by atoms with E-state index >= 15 is 0 Å². The van der Waals surface area contributed by atoms with Gasteiger partial charge in [0.2, 0.25) is 0 Å². The molecule has 2 rings (SSSR count). The summed E-state index contributed by atoms with van der Waals surface area (Å²) >= 11 is 0. The second-order valence-electron chi connectivity index (χ2n) is 4.72. The summed E-state index contributed by atoms with van der Waals surface area (Å²) in [5, 5.41) is 9.01. The number of carbonyl (C=O) groups excluding carboxylic acids is 1. The molecule has 0 spiro atoms. The topological polar surface area (TPSA) is 49.8 Å². The van der Waals surface area contributed by atoms with Crippen molar-refractivity contribution in [1.82, 2.24) is 4.90 Å². The molecule has 0 saturated heterocycles. The number of hydrogen-bond acceptors (Lipinski definition) is 4. The maximum absolute atomic E-state index is 13.9. The molecule has 1 aliphatic carbocycles. The monoisotopic (exact) mass is 267 g/mol. The zero-order valence-electron chi connectivity index (χ0n) is 10.9. The van der Waals surface area contributed by atoms with Crippen molar-refractivity contribution < 1.29 is 19.0 Å². The molecule has 0 radical (unpaired) electrons. The molecule has 104 valence electrons. The van der Waals surface area contributed by atoms with Crippen LogP contribution in [-0.4, -0.2) is 42.3 Å². The Kier molecular flexibility index (Phi) is 4.50. The lowest BCUT2D eigenvalue weighted by atomic mass is 10.1. The largest absolute Gasteiger partial charge is 0.465 e. The molecule has 5 heteroatoms. The third-order valence-electron chi connectivity index (χ3n) is 3.30. The predicted octanol–water partition coefficient (Wildman–Crippen LogP) is 1.57. The first-order valence-corrected chi connectivity index (χ1v) is 6.37. The molecule has 0 aliphatic heterocycles. The molecule has 4 nitrogen and oxygen atoms in total. The van der Waals surface area contributed by atoms with Crippen LogP contribution in [-0.2, 0) is 11.3 Å². The average Bonchev–Trinajstić information content (AvgIpc) is 3.23. The molecule has 1 saturated carbocycles. The van der Waals surface area contributed by atoms with E-state index in [2.05, 4.69) is 9.64 Å². The van der Waals surface area contributed by atoms with E-state index in [0.717, 1.165) is 12.8 Å². The third kappa shape index (κ3) is 3.52. The standard InChI is InChI=1S/C14H18FNO3/c1-19-14(18)10-2-3-11(13(15)8-10)9-16(6-7-17)12-4-5-12/h2-3,8,12,17H,4-7,9H2,1H3. The van der Waals surface area contributed by atoms with Crippen LogP contribution >= 0.6 is 0 Å². The Bertz CT molecular complexity index is 460. The minimum Gasteiger partial charge on any atom is -0.465 e. The number of methoxy groups -OCH3 is 1. The van der Waals surface area contributed by atoms with Crippen molar-refractivity contribution in [2.45, 2.75) is 25.4 Å². The maximum atomic E-state index is 13.9. The van der Waals surface area contributed by atoms with Gasteiger partial charge in [-0.25, -0.2) is 9.18 Å². The Morgan fingerprint density at radius 1 is 1.53 bits per heavy atom. The Hall–Kier alpha value is -1.46. The van der Waals surface area contributed by atoms with Crippen molar-refractivity contribution in [3.63, 3.8) is 0 Å². The van der Waals surface area contributed by atoms with Crippen LogP contribution < -0.4 is 0 Å². The van der Waals surface area contributed by atoms with Crippen LogP contribution in [0.2, 0.25) is 0 Å². The van der Waals surface area contributed by atoms with Crippen molar-refractivity contribution in [3.8, 4) is 0 Å². The van der Waals surface area contributed by atoms with E-state index in [1.807, 2.05) is 0 Å². The zero-order chi connectivity index (χ0) is 13.8. The first-order valence-electron chi connectivity index (χ1n) is 6.37. The highest BCUT2D eigenvalue weighted by atomic mass is 19.1. The van der Waals surface area contributed by atoms with Crippen LogP contribution in [0.4, 0.5) is 4.39 Å². The number of aliphatic hydroxyl groups is 1. The zero-order valence-corrected chi connectivity index (χ0v) is 10.9. The first-order chi connectivity index (χ1) is 9.15. The minimum atomic E-state index is -0.542. The second-order valence-corrected chi connectivity index (χ2v) is 4.72. The number of benzene rings is 1. The quantitative estimate of drug-likeness (QED) is 0.795. The summed E-state index contributed by atoms with van der Waals surface area (Å²) in [5.74, 6) is -0.952. The SMILES string of the molecule is COC(=O)c1ccc(CN(CCO)C2CC2)c(F)c1. The van der Waals surface area contributed by atoms with Gasteiger partial charge in [0.05, 0.1) is 19.3 Å². The lowest BCUT2D eigenvalue weighted by Gasteiger charge is -2.21. The highest BCUT2D eigenvalue weighted by Crippen LogP contribution is 2.28. The number of hydrogen-bond donors (Lipinski definition) is 1. The van der Waals surface area contributed by atoms with Gasteiger partial charge >= 0.3 is 5.97 Å². The van der Waals surface area contributed by atoms with Gasteiger partial charge in [-0.2, -0.15) is 0 Å². The van der Waals surface area contributed by atoms with Crippen molar-refractivity contribution >= 4 is 5.97 Å². The van der Waals surface area contributed by atoms with Gasteiger partial charge in [0.1, 0.15) is 5.82 Å². The first kappa shape index (κ1) is 14.0. The van der Waals surface area contributed by atoms with Crippen molar-refractivity contribution in [1.29, 1.82) is 0 Å². The van der Waals surface area contributed by atoms with Crippen LogP contribution in [0.5, 0.6) is 0 Å². The van der Waals surface area contributed by atoms with E-state index in [-0.39, 0.29) is 12.2 Å². The maximum Gasteiger partial charge on any atom is 0.337 e. The molecular weight excluding hydrogens is 249 g/mol. The molecular formula is C14H18FNO3. The molecule has 0 amide bonds. The smallest absolute Gasteiger partial charge is 0.337 e. The van der Waals surface area contributed by atoms with E-state index < -0.39 is 11.8 Å². The van der Waals surface area contributed by atoms with Gasteiger partial charge in [0.25, 0.3) is 0 Å².